The Bertz CT molecular complexity index is 893. The maximum atomic E-state index is 11.8. The number of carboxylic acids is 1. The van der Waals surface area contributed by atoms with E-state index in [1.54, 1.807) is 30.3 Å². The summed E-state index contributed by atoms with van der Waals surface area (Å²) in [5, 5.41) is 10.9. The zero-order valence-corrected chi connectivity index (χ0v) is 14.7. The standard InChI is InChI=1S/C17H12Cl3NO3/c1-7-4-13-10(6-11(7)19)14(15(17(22)23)16(21)24-13)9-3-2-8(18)5-12(9)20/h2-6,14H,21H2,1H3,(H,22,23). The van der Waals surface area contributed by atoms with Crippen LogP contribution in [0.2, 0.25) is 15.1 Å². The van der Waals surface area contributed by atoms with Crippen LogP contribution in [0.25, 0.3) is 0 Å². The summed E-state index contributed by atoms with van der Waals surface area (Å²) in [5.74, 6) is -1.62. The van der Waals surface area contributed by atoms with Crippen LogP contribution in [0.5, 0.6) is 5.75 Å². The molecule has 3 N–H and O–H groups in total. The first-order valence-electron chi connectivity index (χ1n) is 6.95. The molecule has 0 bridgehead atoms. The van der Waals surface area contributed by atoms with E-state index in [9.17, 15) is 9.90 Å². The molecule has 4 nitrogen and oxygen atoms in total. The van der Waals surface area contributed by atoms with Crippen LogP contribution in [-0.4, -0.2) is 11.1 Å². The van der Waals surface area contributed by atoms with Gasteiger partial charge in [-0.2, -0.15) is 0 Å². The fourth-order valence-corrected chi connectivity index (χ4v) is 3.43. The average molecular weight is 385 g/mol. The SMILES string of the molecule is Cc1cc2c(cc1Cl)C(c1ccc(Cl)cc1Cl)C(C(=O)O)=C(N)O2. The highest BCUT2D eigenvalue weighted by Crippen LogP contribution is 2.46. The van der Waals surface area contributed by atoms with E-state index in [2.05, 4.69) is 0 Å². The van der Waals surface area contributed by atoms with Crippen LogP contribution in [0.4, 0.5) is 0 Å². The first-order valence-corrected chi connectivity index (χ1v) is 8.08. The number of carboxylic acid groups (broad SMARTS) is 1. The van der Waals surface area contributed by atoms with Gasteiger partial charge in [-0.25, -0.2) is 4.79 Å². The zero-order valence-electron chi connectivity index (χ0n) is 12.4. The molecule has 0 saturated carbocycles. The van der Waals surface area contributed by atoms with Gasteiger partial charge in [0, 0.05) is 20.6 Å². The average Bonchev–Trinajstić information content (AvgIpc) is 2.48. The Morgan fingerprint density at radius 1 is 1.12 bits per heavy atom. The maximum absolute atomic E-state index is 11.8. The van der Waals surface area contributed by atoms with Crippen LogP contribution in [0, 0.1) is 6.92 Å². The Morgan fingerprint density at radius 3 is 2.46 bits per heavy atom. The number of rotatable bonds is 2. The third kappa shape index (κ3) is 2.81. The van der Waals surface area contributed by atoms with Crippen molar-refractivity contribution in [3.05, 3.63) is 73.5 Å². The van der Waals surface area contributed by atoms with Gasteiger partial charge < -0.3 is 15.6 Å². The molecular formula is C17H12Cl3NO3. The first kappa shape index (κ1) is 17.0. The Hall–Kier alpha value is -1.88. The number of ether oxygens (including phenoxy) is 1. The Balaban J connectivity index is 2.31. The molecule has 0 fully saturated rings. The highest BCUT2D eigenvalue weighted by Gasteiger charge is 2.36. The van der Waals surface area contributed by atoms with Gasteiger partial charge in [-0.15, -0.1) is 0 Å². The summed E-state index contributed by atoms with van der Waals surface area (Å²) in [6.45, 7) is 1.82. The predicted molar refractivity (Wildman–Crippen MR) is 94.0 cm³/mol. The third-order valence-corrected chi connectivity index (χ3v) is 4.85. The summed E-state index contributed by atoms with van der Waals surface area (Å²) in [7, 11) is 0. The molecule has 1 atom stereocenters. The Morgan fingerprint density at radius 2 is 1.83 bits per heavy atom. The van der Waals surface area contributed by atoms with Gasteiger partial charge in [0.05, 0.1) is 5.92 Å². The van der Waals surface area contributed by atoms with Crippen LogP contribution >= 0.6 is 34.8 Å². The normalized spacial score (nSPS) is 16.6. The first-order chi connectivity index (χ1) is 11.3. The molecule has 1 aliphatic heterocycles. The smallest absolute Gasteiger partial charge is 0.337 e. The fraction of sp³-hybridized carbons (Fsp3) is 0.118. The number of fused-ring (bicyclic) bond motifs is 1. The molecule has 1 aliphatic rings. The number of nitrogens with two attached hydrogens (primary N) is 1. The Kier molecular flexibility index (Phi) is 4.38. The van der Waals surface area contributed by atoms with Gasteiger partial charge in [-0.1, -0.05) is 40.9 Å². The van der Waals surface area contributed by atoms with Gasteiger partial charge in [-0.05, 0) is 42.3 Å². The molecule has 2 aromatic carbocycles. The van der Waals surface area contributed by atoms with E-state index in [0.29, 0.717) is 31.9 Å². The van der Waals surface area contributed by atoms with Crippen molar-refractivity contribution in [3.8, 4) is 5.75 Å². The Labute approximate surface area is 153 Å². The number of aryl methyl sites for hydroxylation is 1. The molecule has 7 heteroatoms. The monoisotopic (exact) mass is 383 g/mol. The largest absolute Gasteiger partial charge is 0.478 e. The van der Waals surface area contributed by atoms with Crippen molar-refractivity contribution in [1.29, 1.82) is 0 Å². The van der Waals surface area contributed by atoms with Crippen molar-refractivity contribution < 1.29 is 14.6 Å². The summed E-state index contributed by atoms with van der Waals surface area (Å²) in [5.41, 5.74) is 7.71. The van der Waals surface area contributed by atoms with E-state index in [-0.39, 0.29) is 11.5 Å². The zero-order chi connectivity index (χ0) is 17.6. The van der Waals surface area contributed by atoms with Gasteiger partial charge in [0.1, 0.15) is 11.3 Å². The van der Waals surface area contributed by atoms with Crippen LogP contribution < -0.4 is 10.5 Å². The second-order valence-corrected chi connectivity index (χ2v) is 6.67. The molecular weight excluding hydrogens is 373 g/mol. The lowest BCUT2D eigenvalue weighted by atomic mass is 9.82. The van der Waals surface area contributed by atoms with E-state index in [0.717, 1.165) is 5.56 Å². The molecule has 24 heavy (non-hydrogen) atoms. The highest BCUT2D eigenvalue weighted by molar-refractivity contribution is 6.35. The molecule has 3 rings (SSSR count). The molecule has 0 amide bonds. The van der Waals surface area contributed by atoms with Gasteiger partial charge >= 0.3 is 5.97 Å². The van der Waals surface area contributed by atoms with Crippen molar-refractivity contribution in [2.75, 3.05) is 0 Å². The van der Waals surface area contributed by atoms with E-state index in [4.69, 9.17) is 45.3 Å². The topological polar surface area (TPSA) is 72.5 Å². The molecule has 1 unspecified atom stereocenters. The van der Waals surface area contributed by atoms with Crippen molar-refractivity contribution in [2.24, 2.45) is 5.73 Å². The van der Waals surface area contributed by atoms with Crippen LogP contribution in [-0.2, 0) is 4.79 Å². The molecule has 0 radical (unpaired) electrons. The summed E-state index contributed by atoms with van der Waals surface area (Å²) in [6, 6.07) is 8.27. The van der Waals surface area contributed by atoms with E-state index in [1.165, 1.54) is 0 Å². The minimum Gasteiger partial charge on any atom is -0.478 e. The number of hydrogen-bond acceptors (Lipinski definition) is 3. The molecule has 2 aromatic rings. The fourth-order valence-electron chi connectivity index (χ4n) is 2.74. The molecule has 0 spiro atoms. The molecule has 0 aliphatic carbocycles. The van der Waals surface area contributed by atoms with Crippen LogP contribution in [0.15, 0.2) is 41.8 Å². The van der Waals surface area contributed by atoms with Crippen molar-refractivity contribution >= 4 is 40.8 Å². The second-order valence-electron chi connectivity index (χ2n) is 5.42. The molecule has 0 aromatic heterocycles. The summed E-state index contributed by atoms with van der Waals surface area (Å²) < 4.78 is 5.51. The molecule has 1 heterocycles. The minimum absolute atomic E-state index is 0.0911. The quantitative estimate of drug-likeness (QED) is 0.785. The number of aliphatic carboxylic acids is 1. The van der Waals surface area contributed by atoms with Crippen LogP contribution in [0.3, 0.4) is 0 Å². The van der Waals surface area contributed by atoms with Crippen LogP contribution in [0.1, 0.15) is 22.6 Å². The number of benzene rings is 2. The summed E-state index contributed by atoms with van der Waals surface area (Å²) >= 11 is 18.5. The highest BCUT2D eigenvalue weighted by atomic mass is 35.5. The van der Waals surface area contributed by atoms with Gasteiger partial charge in [0.2, 0.25) is 5.88 Å². The number of carbonyl (C=O) groups is 1. The molecule has 0 saturated heterocycles. The number of hydrogen-bond donors (Lipinski definition) is 2. The van der Waals surface area contributed by atoms with E-state index >= 15 is 0 Å². The van der Waals surface area contributed by atoms with Gasteiger partial charge in [0.15, 0.2) is 0 Å². The van der Waals surface area contributed by atoms with Gasteiger partial charge in [-0.3, -0.25) is 0 Å². The third-order valence-electron chi connectivity index (χ3n) is 3.88. The van der Waals surface area contributed by atoms with Crippen molar-refractivity contribution in [1.82, 2.24) is 0 Å². The maximum Gasteiger partial charge on any atom is 0.337 e. The lowest BCUT2D eigenvalue weighted by molar-refractivity contribution is -0.133. The predicted octanol–water partition coefficient (Wildman–Crippen LogP) is 4.73. The van der Waals surface area contributed by atoms with Crippen molar-refractivity contribution in [2.45, 2.75) is 12.8 Å². The van der Waals surface area contributed by atoms with Gasteiger partial charge in [0.25, 0.3) is 0 Å². The summed E-state index contributed by atoms with van der Waals surface area (Å²) in [4.78, 5) is 11.8. The lowest BCUT2D eigenvalue weighted by Crippen LogP contribution is -2.26. The summed E-state index contributed by atoms with van der Waals surface area (Å²) in [6.07, 6.45) is 0. The lowest BCUT2D eigenvalue weighted by Gasteiger charge is -2.28. The number of halogens is 3. The van der Waals surface area contributed by atoms with E-state index < -0.39 is 11.9 Å². The van der Waals surface area contributed by atoms with E-state index in [1.807, 2.05) is 6.92 Å². The van der Waals surface area contributed by atoms with Crippen molar-refractivity contribution in [3.63, 3.8) is 0 Å². The molecule has 124 valence electrons. The second kappa shape index (κ2) is 6.20. The minimum atomic E-state index is -1.19.